The van der Waals surface area contributed by atoms with Crippen molar-refractivity contribution in [3.8, 4) is 11.5 Å². The fraction of sp³-hybridized carbons (Fsp3) is 0.429. The Morgan fingerprint density at radius 1 is 0.795 bits per heavy atom. The van der Waals surface area contributed by atoms with E-state index in [0.717, 1.165) is 64.0 Å². The number of rotatable bonds is 9. The van der Waals surface area contributed by atoms with Crippen molar-refractivity contribution in [2.45, 2.75) is 39.4 Å². The Labute approximate surface area is 267 Å². The number of hydrogen-bond donors (Lipinski definition) is 1. The van der Waals surface area contributed by atoms with Crippen molar-refractivity contribution in [1.82, 2.24) is 5.32 Å². The lowest BCUT2D eigenvalue weighted by atomic mass is 9.81. The number of carbonyl (C=O) groups excluding carboxylic acids is 1. The maximum absolute atomic E-state index is 13.4. The van der Waals surface area contributed by atoms with Crippen LogP contribution in [-0.2, 0) is 9.54 Å². The predicted octanol–water partition coefficient (Wildman–Crippen LogP) is 6.87. The Morgan fingerprint density at radius 2 is 1.27 bits per heavy atom. The van der Waals surface area contributed by atoms with Crippen molar-refractivity contribution in [3.05, 3.63) is 71.3 Å². The van der Waals surface area contributed by atoms with Crippen molar-refractivity contribution < 1.29 is 14.3 Å². The van der Waals surface area contributed by atoms with E-state index in [1.54, 1.807) is 14.2 Å². The van der Waals surface area contributed by atoms with Gasteiger partial charge in [0.25, 0.3) is 0 Å². The zero-order valence-corrected chi connectivity index (χ0v) is 28.8. The number of thioether (sulfide) groups is 1. The number of aliphatic imine (C=N–C) groups is 1. The average Bonchev–Trinajstić information content (AvgIpc) is 2.99. The number of nitrogens with one attached hydrogen (secondary N) is 1. The maximum Gasteiger partial charge on any atom is 0.231 e. The van der Waals surface area contributed by atoms with Crippen LogP contribution in [0.2, 0.25) is 0 Å². The molecule has 8 nitrogen and oxygen atoms in total. The number of nitrogens with zero attached hydrogens (tertiary/aromatic N) is 4. The summed E-state index contributed by atoms with van der Waals surface area (Å²) in [5.41, 5.74) is 6.14. The highest BCUT2D eigenvalue weighted by molar-refractivity contribution is 8.15. The Kier molecular flexibility index (Phi) is 9.78. The Morgan fingerprint density at radius 3 is 1.70 bits per heavy atom. The Hall–Kier alpha value is -3.85. The molecule has 236 valence electrons. The summed E-state index contributed by atoms with van der Waals surface area (Å²) in [6.45, 7) is 11.7. The number of ether oxygens (including phenoxy) is 2. The van der Waals surface area contributed by atoms with Crippen LogP contribution < -0.4 is 29.5 Å². The van der Waals surface area contributed by atoms with Gasteiger partial charge in [0.2, 0.25) is 5.91 Å². The second kappa shape index (κ2) is 13.0. The molecule has 9 heteroatoms. The average molecular weight is 618 g/mol. The fourth-order valence-corrected chi connectivity index (χ4v) is 6.83. The fourth-order valence-electron chi connectivity index (χ4n) is 5.41. The van der Waals surface area contributed by atoms with Crippen LogP contribution in [0.5, 0.6) is 11.5 Å². The zero-order valence-electron chi connectivity index (χ0n) is 28.0. The van der Waals surface area contributed by atoms with E-state index < -0.39 is 10.2 Å². The standard InChI is InChI=1S/C35H47N5O3S/c1-12-40(13-2)25-16-17-26-29(20-25)36-33(37-32(41)34(3,4)5)44-35(26,27-18-14-23(38(6)7)21-30(27)42-10)28-19-15-24(39(8)9)22-31(28)43-11/h14-22H,12-13H2,1-11H3,(H,36,37,41). The van der Waals surface area contributed by atoms with E-state index in [1.807, 2.05) is 49.0 Å². The minimum atomic E-state index is -0.883. The Balaban J connectivity index is 2.14. The number of hydrogen-bond acceptors (Lipinski definition) is 8. The molecule has 0 aromatic heterocycles. The molecule has 1 aliphatic heterocycles. The van der Waals surface area contributed by atoms with Crippen molar-refractivity contribution in [2.24, 2.45) is 10.4 Å². The molecule has 44 heavy (non-hydrogen) atoms. The summed E-state index contributed by atoms with van der Waals surface area (Å²) in [5.74, 6) is 1.35. The van der Waals surface area contributed by atoms with Crippen LogP contribution in [0.15, 0.2) is 59.6 Å². The van der Waals surface area contributed by atoms with Crippen LogP contribution in [0.1, 0.15) is 51.3 Å². The van der Waals surface area contributed by atoms with Gasteiger partial charge in [-0.15, -0.1) is 0 Å². The molecule has 0 atom stereocenters. The van der Waals surface area contributed by atoms with Crippen LogP contribution >= 0.6 is 11.8 Å². The van der Waals surface area contributed by atoms with Crippen molar-refractivity contribution in [3.63, 3.8) is 0 Å². The van der Waals surface area contributed by atoms with Gasteiger partial charge >= 0.3 is 0 Å². The molecule has 1 aliphatic rings. The summed E-state index contributed by atoms with van der Waals surface area (Å²) in [6.07, 6.45) is 0. The molecule has 0 aliphatic carbocycles. The topological polar surface area (TPSA) is 69.6 Å². The van der Waals surface area contributed by atoms with Crippen LogP contribution in [0.3, 0.4) is 0 Å². The van der Waals surface area contributed by atoms with Gasteiger partial charge in [-0.25, -0.2) is 4.99 Å². The largest absolute Gasteiger partial charge is 0.496 e. The van der Waals surface area contributed by atoms with Gasteiger partial charge in [0.1, 0.15) is 16.2 Å². The number of methoxy groups -OCH3 is 2. The van der Waals surface area contributed by atoms with Crippen molar-refractivity contribution in [2.75, 3.05) is 70.2 Å². The number of benzene rings is 3. The molecule has 0 saturated heterocycles. The molecular formula is C35H47N5O3S. The van der Waals surface area contributed by atoms with Gasteiger partial charge in [-0.1, -0.05) is 50.7 Å². The summed E-state index contributed by atoms with van der Waals surface area (Å²) < 4.78 is 11.4. The number of amides is 1. The summed E-state index contributed by atoms with van der Waals surface area (Å²) in [6, 6.07) is 19.0. The van der Waals surface area contributed by atoms with Crippen LogP contribution in [-0.4, -0.2) is 66.6 Å². The molecule has 4 rings (SSSR count). The molecule has 3 aromatic carbocycles. The summed E-state index contributed by atoms with van der Waals surface area (Å²) in [5, 5.41) is 3.69. The third-order valence-electron chi connectivity index (χ3n) is 8.02. The summed E-state index contributed by atoms with van der Waals surface area (Å²) in [7, 11) is 11.5. The number of carbonyl (C=O) groups is 1. The van der Waals surface area contributed by atoms with Gasteiger partial charge < -0.3 is 29.5 Å². The highest BCUT2D eigenvalue weighted by atomic mass is 32.2. The molecular weight excluding hydrogens is 570 g/mol. The van der Waals surface area contributed by atoms with Crippen LogP contribution in [0.25, 0.3) is 0 Å². The van der Waals surface area contributed by atoms with Crippen LogP contribution in [0, 0.1) is 5.41 Å². The number of fused-ring (bicyclic) bond motifs is 1. The molecule has 3 aromatic rings. The number of anilines is 3. The molecule has 0 fully saturated rings. The zero-order chi connectivity index (χ0) is 32.4. The minimum absolute atomic E-state index is 0.106. The molecule has 1 N–H and O–H groups in total. The maximum atomic E-state index is 13.4. The quantitative estimate of drug-likeness (QED) is 0.281. The third-order valence-corrected chi connectivity index (χ3v) is 9.38. The molecule has 0 spiro atoms. The lowest BCUT2D eigenvalue weighted by Crippen LogP contribution is -2.41. The normalized spacial score (nSPS) is 13.8. The molecule has 0 saturated carbocycles. The van der Waals surface area contributed by atoms with Crippen molar-refractivity contribution in [1.29, 1.82) is 0 Å². The van der Waals surface area contributed by atoms with Crippen molar-refractivity contribution >= 4 is 45.6 Å². The summed E-state index contributed by atoms with van der Waals surface area (Å²) >= 11 is 1.50. The van der Waals surface area contributed by atoms with Crippen LogP contribution in [0.4, 0.5) is 22.7 Å². The summed E-state index contributed by atoms with van der Waals surface area (Å²) in [4.78, 5) is 24.9. The van der Waals surface area contributed by atoms with E-state index in [9.17, 15) is 4.79 Å². The van der Waals surface area contributed by atoms with E-state index in [2.05, 4.69) is 88.5 Å². The number of amidine groups is 1. The molecule has 1 amide bonds. The third kappa shape index (κ3) is 6.20. The second-order valence-electron chi connectivity index (χ2n) is 12.3. The Bertz CT molecular complexity index is 1480. The minimum Gasteiger partial charge on any atom is -0.496 e. The predicted molar refractivity (Wildman–Crippen MR) is 187 cm³/mol. The van der Waals surface area contributed by atoms with Gasteiger partial charge in [-0.05, 0) is 38.1 Å². The molecule has 0 bridgehead atoms. The van der Waals surface area contributed by atoms with E-state index in [4.69, 9.17) is 14.5 Å². The van der Waals surface area contributed by atoms with E-state index >= 15 is 0 Å². The first-order chi connectivity index (χ1) is 20.8. The first-order valence-corrected chi connectivity index (χ1v) is 15.8. The van der Waals surface area contributed by atoms with Gasteiger partial charge in [0.15, 0.2) is 5.17 Å². The monoisotopic (exact) mass is 617 g/mol. The second-order valence-corrected chi connectivity index (χ2v) is 13.5. The highest BCUT2D eigenvalue weighted by Crippen LogP contribution is 2.59. The lowest BCUT2D eigenvalue weighted by molar-refractivity contribution is -0.126. The molecule has 1 heterocycles. The van der Waals surface area contributed by atoms with E-state index in [-0.39, 0.29) is 5.91 Å². The molecule has 0 radical (unpaired) electrons. The first kappa shape index (κ1) is 33.1. The molecule has 0 unspecified atom stereocenters. The first-order valence-electron chi connectivity index (χ1n) is 15.0. The lowest BCUT2D eigenvalue weighted by Gasteiger charge is -2.41. The van der Waals surface area contributed by atoms with Gasteiger partial charge in [0.05, 0.1) is 19.9 Å². The van der Waals surface area contributed by atoms with Gasteiger partial charge in [-0.2, -0.15) is 0 Å². The van der Waals surface area contributed by atoms with Gasteiger partial charge in [0, 0.05) is 92.6 Å². The SMILES string of the molecule is CCN(CC)c1ccc2c(c1)N=C(NC(=O)C(C)(C)C)SC2(c1ccc(N(C)C)cc1OC)c1ccc(N(C)C)cc1OC. The van der Waals surface area contributed by atoms with E-state index in [1.165, 1.54) is 11.8 Å². The van der Waals surface area contributed by atoms with E-state index in [0.29, 0.717) is 5.17 Å². The van der Waals surface area contributed by atoms with Gasteiger partial charge in [-0.3, -0.25) is 4.79 Å². The smallest absolute Gasteiger partial charge is 0.231 e. The highest BCUT2D eigenvalue weighted by Gasteiger charge is 2.47.